The van der Waals surface area contributed by atoms with Gasteiger partial charge in [-0.25, -0.2) is 0 Å². The fraction of sp³-hybridized carbons (Fsp3) is 0.111. The number of hydrogen-bond donors (Lipinski definition) is 0. The third-order valence-electron chi connectivity index (χ3n) is 2.75. The molecule has 2 nitrogen and oxygen atoms in total. The summed E-state index contributed by atoms with van der Waals surface area (Å²) < 4.78 is 14.5. The van der Waals surface area contributed by atoms with E-state index in [4.69, 9.17) is 9.47 Å². The first-order valence-corrected chi connectivity index (χ1v) is 18.6. The Kier molecular flexibility index (Phi) is 10.5. The fourth-order valence-corrected chi connectivity index (χ4v) is 17.5. The summed E-state index contributed by atoms with van der Waals surface area (Å²) in [7, 11) is 0. The predicted molar refractivity (Wildman–Crippen MR) is 109 cm³/mol. The Bertz CT molecular complexity index is 602. The van der Waals surface area contributed by atoms with Crippen molar-refractivity contribution in [3.63, 3.8) is 0 Å². The summed E-state index contributed by atoms with van der Waals surface area (Å²) >= 11 is 6.53. The standard InChI is InChI=1S/C18H16Br2O2Te2/c19-11-17(13-21-15-7-3-1-4-8-15)23-24-18(12-20)14-22-16-9-5-2-6-10-16/h1-12H,13-14H2/b17-11+,18-12+. The first-order chi connectivity index (χ1) is 11.8. The van der Waals surface area contributed by atoms with Gasteiger partial charge in [0, 0.05) is 0 Å². The van der Waals surface area contributed by atoms with Crippen LogP contribution in [-0.2, 0) is 0 Å². The van der Waals surface area contributed by atoms with Gasteiger partial charge in [-0.15, -0.1) is 0 Å². The van der Waals surface area contributed by atoms with E-state index >= 15 is 0 Å². The first-order valence-electron chi connectivity index (χ1n) is 7.10. The van der Waals surface area contributed by atoms with Crippen molar-refractivity contribution in [2.75, 3.05) is 13.2 Å². The quantitative estimate of drug-likeness (QED) is 0.350. The number of para-hydroxylation sites is 2. The van der Waals surface area contributed by atoms with Crippen molar-refractivity contribution in [1.29, 1.82) is 0 Å². The molecule has 2 aromatic rings. The van der Waals surface area contributed by atoms with E-state index in [1.54, 1.807) is 0 Å². The van der Waals surface area contributed by atoms with Crippen LogP contribution >= 0.6 is 31.9 Å². The molecule has 0 fully saturated rings. The molecule has 0 radical (unpaired) electrons. The molecule has 0 saturated carbocycles. The molecule has 0 aliphatic heterocycles. The number of rotatable bonds is 9. The molecule has 0 amide bonds. The second kappa shape index (κ2) is 12.4. The predicted octanol–water partition coefficient (Wildman–Crippen LogP) is 4.94. The molecule has 24 heavy (non-hydrogen) atoms. The van der Waals surface area contributed by atoms with Crippen LogP contribution in [-0.4, -0.2) is 47.3 Å². The molecule has 0 spiro atoms. The molecular weight excluding hydrogens is 663 g/mol. The van der Waals surface area contributed by atoms with Crippen molar-refractivity contribution in [3.8, 4) is 11.5 Å². The Morgan fingerprint density at radius 2 is 1.08 bits per heavy atom. The van der Waals surface area contributed by atoms with Gasteiger partial charge in [-0.2, -0.15) is 0 Å². The van der Waals surface area contributed by atoms with Gasteiger partial charge in [-0.05, 0) is 0 Å². The molecular formula is C18H16Br2O2Te2. The summed E-state index contributed by atoms with van der Waals surface area (Å²) in [5, 5.41) is 0. The Morgan fingerprint density at radius 3 is 1.42 bits per heavy atom. The molecule has 2 aromatic carbocycles. The number of ether oxygens (including phenoxy) is 2. The zero-order chi connectivity index (χ0) is 17.0. The van der Waals surface area contributed by atoms with E-state index in [1.165, 1.54) is 7.24 Å². The second-order valence-corrected chi connectivity index (χ2v) is 15.8. The van der Waals surface area contributed by atoms with Crippen LogP contribution in [0.3, 0.4) is 0 Å². The van der Waals surface area contributed by atoms with Gasteiger partial charge in [-0.1, -0.05) is 0 Å². The number of halogens is 2. The molecule has 2 rings (SSSR count). The third-order valence-corrected chi connectivity index (χ3v) is 18.3. The Morgan fingerprint density at radius 1 is 0.708 bits per heavy atom. The molecule has 126 valence electrons. The fourth-order valence-electron chi connectivity index (χ4n) is 1.60. The van der Waals surface area contributed by atoms with E-state index in [2.05, 4.69) is 31.9 Å². The van der Waals surface area contributed by atoms with Crippen LogP contribution < -0.4 is 9.47 Å². The van der Waals surface area contributed by atoms with Gasteiger partial charge in [-0.3, -0.25) is 0 Å². The van der Waals surface area contributed by atoms with Crippen LogP contribution in [0.5, 0.6) is 11.5 Å². The Labute approximate surface area is 176 Å². The molecule has 0 saturated heterocycles. The molecule has 0 aromatic heterocycles. The van der Waals surface area contributed by atoms with Gasteiger partial charge in [0.25, 0.3) is 0 Å². The van der Waals surface area contributed by atoms with Crippen molar-refractivity contribution in [3.05, 3.63) is 77.9 Å². The van der Waals surface area contributed by atoms with Gasteiger partial charge in [0.1, 0.15) is 0 Å². The van der Waals surface area contributed by atoms with Gasteiger partial charge < -0.3 is 0 Å². The Hall–Kier alpha value is 0.0592. The van der Waals surface area contributed by atoms with Crippen LogP contribution in [0.25, 0.3) is 0 Å². The van der Waals surface area contributed by atoms with E-state index in [0.717, 1.165) is 11.5 Å². The number of hydrogen-bond acceptors (Lipinski definition) is 2. The zero-order valence-corrected chi connectivity index (χ0v) is 20.6. The zero-order valence-electron chi connectivity index (χ0n) is 12.7. The SMILES string of the molecule is Br/C=C(\COc1ccccc1)[Te][Te]/C(=C/Br)COc1ccccc1. The van der Waals surface area contributed by atoms with Crippen LogP contribution in [0.2, 0.25) is 0 Å². The molecule has 0 heterocycles. The minimum atomic E-state index is -0.222. The van der Waals surface area contributed by atoms with Crippen molar-refractivity contribution in [2.24, 2.45) is 0 Å². The summed E-state index contributed by atoms with van der Waals surface area (Å²) in [5.41, 5.74) is 0. The average Bonchev–Trinajstić information content (AvgIpc) is 2.65. The molecule has 0 atom stereocenters. The van der Waals surface area contributed by atoms with Gasteiger partial charge in [0.2, 0.25) is 0 Å². The maximum atomic E-state index is 5.85. The third kappa shape index (κ3) is 7.96. The van der Waals surface area contributed by atoms with Crippen molar-refractivity contribution in [2.45, 2.75) is 0 Å². The van der Waals surface area contributed by atoms with E-state index in [9.17, 15) is 0 Å². The van der Waals surface area contributed by atoms with E-state index in [-0.39, 0.29) is 34.1 Å². The molecule has 0 unspecified atom stereocenters. The summed E-state index contributed by atoms with van der Waals surface area (Å²) in [6.07, 6.45) is 0. The summed E-state index contributed by atoms with van der Waals surface area (Å²) in [5.74, 6) is 1.84. The topological polar surface area (TPSA) is 18.5 Å². The van der Waals surface area contributed by atoms with Crippen LogP contribution in [0, 0.1) is 0 Å². The molecule has 0 N–H and O–H groups in total. The monoisotopic (exact) mass is 682 g/mol. The van der Waals surface area contributed by atoms with Gasteiger partial charge in [0.05, 0.1) is 0 Å². The van der Waals surface area contributed by atoms with Crippen LogP contribution in [0.15, 0.2) is 77.9 Å². The van der Waals surface area contributed by atoms with Crippen molar-refractivity contribution < 1.29 is 9.47 Å². The molecule has 6 heteroatoms. The van der Waals surface area contributed by atoms with E-state index in [1.807, 2.05) is 70.6 Å². The molecule has 0 aliphatic carbocycles. The van der Waals surface area contributed by atoms with Gasteiger partial charge in [0.15, 0.2) is 0 Å². The first kappa shape index (κ1) is 20.4. The van der Waals surface area contributed by atoms with Crippen LogP contribution in [0.4, 0.5) is 0 Å². The summed E-state index contributed by atoms with van der Waals surface area (Å²) in [4.78, 5) is 4.07. The summed E-state index contributed by atoms with van der Waals surface area (Å²) in [6, 6.07) is 19.9. The molecule has 0 aliphatic rings. The maximum absolute atomic E-state index is 5.85. The Balaban J connectivity index is 1.76. The summed E-state index contributed by atoms with van der Waals surface area (Å²) in [6.45, 7) is 1.33. The van der Waals surface area contributed by atoms with Crippen molar-refractivity contribution in [1.82, 2.24) is 0 Å². The van der Waals surface area contributed by atoms with Crippen LogP contribution in [0.1, 0.15) is 0 Å². The van der Waals surface area contributed by atoms with Crippen molar-refractivity contribution >= 4 is 66.0 Å². The minimum absolute atomic E-state index is 0.222. The van der Waals surface area contributed by atoms with E-state index in [0.29, 0.717) is 13.2 Å². The number of benzene rings is 2. The average molecular weight is 679 g/mol. The molecule has 0 bridgehead atoms. The van der Waals surface area contributed by atoms with Gasteiger partial charge >= 0.3 is 178 Å². The van der Waals surface area contributed by atoms with E-state index < -0.39 is 0 Å². The normalized spacial score (nSPS) is 12.1. The second-order valence-electron chi connectivity index (χ2n) is 4.52.